The first-order valence-corrected chi connectivity index (χ1v) is 11.8. The number of hydrogen-bond acceptors (Lipinski definition) is 6. The van der Waals surface area contributed by atoms with Crippen LogP contribution in [0.15, 0.2) is 73.2 Å². The number of aromatic nitrogens is 4. The van der Waals surface area contributed by atoms with Gasteiger partial charge < -0.3 is 16.4 Å². The van der Waals surface area contributed by atoms with Gasteiger partial charge in [0.2, 0.25) is 5.95 Å². The quantitative estimate of drug-likeness (QED) is 0.309. The summed E-state index contributed by atoms with van der Waals surface area (Å²) in [6.07, 6.45) is 5.42. The fourth-order valence-electron chi connectivity index (χ4n) is 3.05. The molecule has 2 heterocycles. The number of nitrogen functional groups attached to an aromatic ring is 1. The van der Waals surface area contributed by atoms with Crippen LogP contribution in [0.2, 0.25) is 0 Å². The van der Waals surface area contributed by atoms with Gasteiger partial charge in [-0.05, 0) is 48.5 Å². The van der Waals surface area contributed by atoms with Crippen molar-refractivity contribution in [1.82, 2.24) is 19.7 Å². The molecule has 152 valence electrons. The molecule has 4 N–H and O–H groups in total. The highest BCUT2D eigenvalue weighted by Gasteiger charge is 2.08. The molecule has 4 rings (SSSR count). The number of rotatable bonds is 7. The maximum absolute atomic E-state index is 5.74. The van der Waals surface area contributed by atoms with E-state index in [9.17, 15) is 0 Å². The second kappa shape index (κ2) is 8.93. The molecular formula is C22H24N7P. The van der Waals surface area contributed by atoms with Gasteiger partial charge in [-0.2, -0.15) is 10.1 Å². The van der Waals surface area contributed by atoms with Crippen LogP contribution in [0.3, 0.4) is 0 Å². The molecule has 0 fully saturated rings. The Morgan fingerprint density at radius 1 is 1.00 bits per heavy atom. The van der Waals surface area contributed by atoms with Crippen molar-refractivity contribution in [2.75, 3.05) is 29.7 Å². The third-order valence-corrected chi connectivity index (χ3v) is 5.87. The van der Waals surface area contributed by atoms with Gasteiger partial charge in [0.1, 0.15) is 5.82 Å². The van der Waals surface area contributed by atoms with Gasteiger partial charge in [-0.15, -0.1) is 0 Å². The minimum atomic E-state index is -0.220. The molecule has 0 aliphatic rings. The fourth-order valence-corrected chi connectivity index (χ4v) is 4.05. The number of nitrogens with one attached hydrogen (secondary N) is 2. The standard InChI is InChI=1S/C22H24N7P/c1-30(2)20-6-4-3-5-19(20)27-21-11-12-24-22(28-21)26-18-13-25-29(15-18)14-16-7-9-17(23)10-8-16/h3-13,15H,14,23H2,1-2H3,(H2,24,26,27,28). The predicted octanol–water partition coefficient (Wildman–Crippen LogP) is 4.16. The van der Waals surface area contributed by atoms with Crippen molar-refractivity contribution in [1.29, 1.82) is 0 Å². The van der Waals surface area contributed by atoms with Crippen LogP contribution >= 0.6 is 7.92 Å². The van der Waals surface area contributed by atoms with Crippen molar-refractivity contribution in [3.05, 3.63) is 78.8 Å². The Balaban J connectivity index is 1.45. The normalized spacial score (nSPS) is 10.9. The predicted molar refractivity (Wildman–Crippen MR) is 126 cm³/mol. The average molecular weight is 417 g/mol. The summed E-state index contributed by atoms with van der Waals surface area (Å²) in [5, 5.41) is 12.4. The summed E-state index contributed by atoms with van der Waals surface area (Å²) in [6.45, 7) is 5.15. The van der Waals surface area contributed by atoms with Gasteiger partial charge in [0, 0.05) is 23.8 Å². The summed E-state index contributed by atoms with van der Waals surface area (Å²) >= 11 is 0. The second-order valence-corrected chi connectivity index (χ2v) is 9.37. The maximum atomic E-state index is 5.74. The maximum Gasteiger partial charge on any atom is 0.229 e. The van der Waals surface area contributed by atoms with Crippen molar-refractivity contribution >= 4 is 42.1 Å². The minimum Gasteiger partial charge on any atom is -0.399 e. The average Bonchev–Trinajstić information content (AvgIpc) is 3.17. The Morgan fingerprint density at radius 2 is 1.80 bits per heavy atom. The lowest BCUT2D eigenvalue weighted by atomic mass is 10.2. The van der Waals surface area contributed by atoms with E-state index in [1.54, 1.807) is 12.4 Å². The molecule has 7 nitrogen and oxygen atoms in total. The molecule has 8 heteroatoms. The largest absolute Gasteiger partial charge is 0.399 e. The van der Waals surface area contributed by atoms with E-state index in [2.05, 4.69) is 57.2 Å². The molecule has 0 aliphatic carbocycles. The Labute approximate surface area is 177 Å². The second-order valence-electron chi connectivity index (χ2n) is 7.10. The third kappa shape index (κ3) is 4.93. The number of hydrogen-bond donors (Lipinski definition) is 3. The van der Waals surface area contributed by atoms with Crippen molar-refractivity contribution in [3.8, 4) is 0 Å². The van der Waals surface area contributed by atoms with Gasteiger partial charge in [0.25, 0.3) is 0 Å². The molecule has 0 unspecified atom stereocenters. The van der Waals surface area contributed by atoms with Crippen LogP contribution in [-0.4, -0.2) is 33.1 Å². The summed E-state index contributed by atoms with van der Waals surface area (Å²) in [5.41, 5.74) is 9.53. The molecule has 0 amide bonds. The summed E-state index contributed by atoms with van der Waals surface area (Å²) in [5.74, 6) is 1.26. The van der Waals surface area contributed by atoms with E-state index in [-0.39, 0.29) is 7.92 Å². The first-order chi connectivity index (χ1) is 14.6. The molecule has 0 bridgehead atoms. The number of para-hydroxylation sites is 1. The molecule has 4 aromatic rings. The SMILES string of the molecule is CP(C)c1ccccc1Nc1ccnc(Nc2cnn(Cc3ccc(N)cc3)c2)n1. The van der Waals surface area contributed by atoms with E-state index in [1.165, 1.54) is 5.30 Å². The Morgan fingerprint density at radius 3 is 2.60 bits per heavy atom. The lowest BCUT2D eigenvalue weighted by molar-refractivity contribution is 0.687. The smallest absolute Gasteiger partial charge is 0.229 e. The van der Waals surface area contributed by atoms with Crippen LogP contribution in [0.1, 0.15) is 5.56 Å². The summed E-state index contributed by atoms with van der Waals surface area (Å²) in [4.78, 5) is 8.92. The molecule has 0 aliphatic heterocycles. The van der Waals surface area contributed by atoms with E-state index in [1.807, 2.05) is 47.3 Å². The highest BCUT2D eigenvalue weighted by molar-refractivity contribution is 7.64. The fraction of sp³-hybridized carbons (Fsp3) is 0.136. The minimum absolute atomic E-state index is 0.220. The van der Waals surface area contributed by atoms with Gasteiger partial charge in [-0.3, -0.25) is 4.68 Å². The van der Waals surface area contributed by atoms with Crippen LogP contribution in [-0.2, 0) is 6.54 Å². The lowest BCUT2D eigenvalue weighted by Crippen LogP contribution is -2.08. The summed E-state index contributed by atoms with van der Waals surface area (Å²) < 4.78 is 1.86. The topological polar surface area (TPSA) is 93.7 Å². The summed E-state index contributed by atoms with van der Waals surface area (Å²) in [6, 6.07) is 18.0. The lowest BCUT2D eigenvalue weighted by Gasteiger charge is -2.14. The molecule has 2 aromatic carbocycles. The van der Waals surface area contributed by atoms with Crippen molar-refractivity contribution in [2.45, 2.75) is 6.54 Å². The van der Waals surface area contributed by atoms with E-state index >= 15 is 0 Å². The molecule has 30 heavy (non-hydrogen) atoms. The number of anilines is 5. The number of nitrogens with zero attached hydrogens (tertiary/aromatic N) is 4. The number of benzene rings is 2. The Kier molecular flexibility index (Phi) is 5.91. The molecule has 0 saturated carbocycles. The molecule has 0 atom stereocenters. The molecule has 2 aromatic heterocycles. The highest BCUT2D eigenvalue weighted by atomic mass is 31.1. The Hall–Kier alpha value is -3.44. The van der Waals surface area contributed by atoms with E-state index in [4.69, 9.17) is 5.73 Å². The van der Waals surface area contributed by atoms with E-state index in [0.717, 1.165) is 28.4 Å². The molecule has 0 saturated heterocycles. The molecular weight excluding hydrogens is 393 g/mol. The van der Waals surface area contributed by atoms with Gasteiger partial charge in [0.05, 0.1) is 18.4 Å². The third-order valence-electron chi connectivity index (χ3n) is 4.52. The number of nitrogens with two attached hydrogens (primary N) is 1. The molecule has 0 spiro atoms. The van der Waals surface area contributed by atoms with E-state index in [0.29, 0.717) is 12.5 Å². The van der Waals surface area contributed by atoms with Crippen LogP contribution in [0, 0.1) is 0 Å². The Bertz CT molecular complexity index is 1120. The first-order valence-electron chi connectivity index (χ1n) is 9.57. The van der Waals surface area contributed by atoms with Gasteiger partial charge >= 0.3 is 0 Å². The van der Waals surface area contributed by atoms with E-state index < -0.39 is 0 Å². The monoisotopic (exact) mass is 417 g/mol. The van der Waals surface area contributed by atoms with Gasteiger partial charge in [0.15, 0.2) is 0 Å². The zero-order valence-corrected chi connectivity index (χ0v) is 17.8. The van der Waals surface area contributed by atoms with Gasteiger partial charge in [-0.25, -0.2) is 4.98 Å². The van der Waals surface area contributed by atoms with Crippen LogP contribution in [0.25, 0.3) is 0 Å². The molecule has 0 radical (unpaired) electrons. The van der Waals surface area contributed by atoms with Crippen LogP contribution in [0.4, 0.5) is 28.8 Å². The first kappa shape index (κ1) is 19.9. The van der Waals surface area contributed by atoms with Crippen LogP contribution < -0.4 is 21.7 Å². The zero-order valence-electron chi connectivity index (χ0n) is 16.9. The zero-order chi connectivity index (χ0) is 20.9. The highest BCUT2D eigenvalue weighted by Crippen LogP contribution is 2.29. The van der Waals surface area contributed by atoms with Crippen molar-refractivity contribution in [2.24, 2.45) is 0 Å². The summed E-state index contributed by atoms with van der Waals surface area (Å²) in [7, 11) is -0.220. The van der Waals surface area contributed by atoms with Crippen molar-refractivity contribution in [3.63, 3.8) is 0 Å². The van der Waals surface area contributed by atoms with Gasteiger partial charge in [-0.1, -0.05) is 38.3 Å². The van der Waals surface area contributed by atoms with Crippen LogP contribution in [0.5, 0.6) is 0 Å². The van der Waals surface area contributed by atoms with Crippen molar-refractivity contribution < 1.29 is 0 Å².